The van der Waals surface area contributed by atoms with E-state index in [2.05, 4.69) is 62.5 Å². The van der Waals surface area contributed by atoms with Crippen molar-refractivity contribution in [3.05, 3.63) is 149 Å². The minimum Gasteiger partial charge on any atom is -0.497 e. The summed E-state index contributed by atoms with van der Waals surface area (Å²) < 4.78 is 35.0. The van der Waals surface area contributed by atoms with Gasteiger partial charge in [0.2, 0.25) is 53.2 Å². The van der Waals surface area contributed by atoms with E-state index in [-0.39, 0.29) is 67.4 Å². The standard InChI is InChI=1S/C63H67F2N13O14/c1-32-55(83)72-46(21-35-28-67-44-14-10-37(64)23-42(35)44)56(84)73-47(22-36-29-68-45-15-11-38(65)24-43(36)45)57(85)75-49(27-54(81)82)59(87)74-48(25-40-30-66-31-69-40)58(86)76-50(19-33-8-12-41(92-3)13-9-33)60(88)78-17-5-16-63(78,2)62(91)77-51(61(89)90)26-53(80)71-39-7-4-6-34(18-39)20-52(79)70-32/h4,6-15,18,23-24,28-32,46-51,67-68H,5,16-17,19-22,25-27H2,1-3H3,(H,66,69)(H,70,79)(H,71,80)(H,72,83)(H,73,84)(H,74,87)(H,75,85)(H,76,86)(H,77,91)(H,81,82)(H,89,90)/t32-,46+,47+,48+,49+,50+,51+,63+/m1/s1. The van der Waals surface area contributed by atoms with Crippen LogP contribution in [0.25, 0.3) is 21.8 Å². The first-order valence-corrected chi connectivity index (χ1v) is 29.3. The van der Waals surface area contributed by atoms with Crippen LogP contribution in [-0.4, -0.2) is 162 Å². The molecule has 9 rings (SSSR count). The van der Waals surface area contributed by atoms with E-state index < -0.39 is 144 Å². The Labute approximate surface area is 523 Å². The van der Waals surface area contributed by atoms with Crippen LogP contribution in [0.5, 0.6) is 5.75 Å². The first-order valence-electron chi connectivity index (χ1n) is 29.3. The van der Waals surface area contributed by atoms with Gasteiger partial charge in [-0.15, -0.1) is 0 Å². The third-order valence-corrected chi connectivity index (χ3v) is 16.1. The molecule has 3 aromatic heterocycles. The molecule has 0 saturated carbocycles. The molecule has 92 heavy (non-hydrogen) atoms. The normalized spacial score (nSPS) is 22.9. The Morgan fingerprint density at radius 1 is 0.652 bits per heavy atom. The van der Waals surface area contributed by atoms with Crippen molar-refractivity contribution >= 4 is 92.6 Å². The first-order chi connectivity index (χ1) is 43.9. The average Bonchev–Trinajstić information content (AvgIpc) is 1.59. The van der Waals surface area contributed by atoms with Crippen LogP contribution < -0.4 is 47.3 Å². The molecule has 7 aromatic rings. The number of carbonyl (C=O) groups excluding carboxylic acids is 9. The number of carboxylic acids is 2. The Hall–Kier alpha value is -11.0. The lowest BCUT2D eigenvalue weighted by molar-refractivity contribution is -0.149. The maximum atomic E-state index is 15.1. The average molecular weight is 1270 g/mol. The van der Waals surface area contributed by atoms with Gasteiger partial charge < -0.3 is 77.3 Å². The number of imidazole rings is 1. The predicted molar refractivity (Wildman–Crippen MR) is 325 cm³/mol. The van der Waals surface area contributed by atoms with E-state index in [1.807, 2.05) is 0 Å². The number of hydrogen-bond donors (Lipinski definition) is 13. The number of carboxylic acid groups (broad SMARTS) is 2. The number of anilines is 1. The summed E-state index contributed by atoms with van der Waals surface area (Å²) in [6.45, 7) is 2.65. The number of nitrogens with zero attached hydrogens (tertiary/aromatic N) is 2. The van der Waals surface area contributed by atoms with Crippen molar-refractivity contribution in [1.29, 1.82) is 0 Å². The van der Waals surface area contributed by atoms with Gasteiger partial charge in [0.1, 0.15) is 65.2 Å². The summed E-state index contributed by atoms with van der Waals surface area (Å²) in [5.74, 6) is -12.9. The summed E-state index contributed by atoms with van der Waals surface area (Å²) in [5.41, 5.74) is 0.813. The SMILES string of the molecule is COc1ccc(C[C@@H]2NC(=O)[C@H](Cc3cnc[nH]3)NC(=O)[C@H](CC(=O)O)NC(=O)[C@H](Cc3c[nH]c4ccc(F)cc34)NC(=O)[C@H](Cc3c[nH]c4ccc(F)cc34)NC(=O)[C@@H](C)NC(=O)Cc3cccc(c3)NC(=O)C[C@@H](C(=O)O)NC(=O)[C@]3(C)CCCN3C2=O)cc1. The number of aromatic amines is 3. The van der Waals surface area contributed by atoms with Crippen LogP contribution in [0.4, 0.5) is 14.5 Å². The number of H-pyrrole nitrogens is 3. The predicted octanol–water partition coefficient (Wildman–Crippen LogP) is 1.87. The molecule has 13 N–H and O–H groups in total. The zero-order chi connectivity index (χ0) is 66.0. The zero-order valence-electron chi connectivity index (χ0n) is 49.9. The van der Waals surface area contributed by atoms with Crippen molar-refractivity contribution in [3.63, 3.8) is 0 Å². The number of hydrogen-bond acceptors (Lipinski definition) is 13. The number of carbonyl (C=O) groups is 11. The number of aromatic nitrogens is 4. The molecule has 0 aliphatic carbocycles. The number of fused-ring (bicyclic) bond motifs is 5. The molecule has 4 aromatic carbocycles. The number of rotatable bonds is 12. The molecule has 2 aliphatic rings. The van der Waals surface area contributed by atoms with Crippen molar-refractivity contribution in [2.45, 2.75) is 119 Å². The van der Waals surface area contributed by atoms with Gasteiger partial charge in [-0.3, -0.25) is 47.9 Å². The Morgan fingerprint density at radius 2 is 1.23 bits per heavy atom. The van der Waals surface area contributed by atoms with Gasteiger partial charge in [0.05, 0.1) is 32.7 Å². The molecular weight excluding hydrogens is 1200 g/mol. The first kappa shape index (κ1) is 65.4. The van der Waals surface area contributed by atoms with Gasteiger partial charge >= 0.3 is 11.9 Å². The third-order valence-electron chi connectivity index (χ3n) is 16.1. The highest BCUT2D eigenvalue weighted by Gasteiger charge is 2.49. The fraction of sp³-hybridized carbons (Fsp3) is 0.333. The van der Waals surface area contributed by atoms with Crippen LogP contribution in [0.15, 0.2) is 110 Å². The van der Waals surface area contributed by atoms with Crippen molar-refractivity contribution < 1.29 is 76.5 Å². The van der Waals surface area contributed by atoms with Gasteiger partial charge in [-0.05, 0) is 110 Å². The smallest absolute Gasteiger partial charge is 0.326 e. The minimum absolute atomic E-state index is 0.00406. The molecule has 9 amide bonds. The number of ether oxygens (including phenoxy) is 1. The molecule has 2 bridgehead atoms. The van der Waals surface area contributed by atoms with Crippen LogP contribution in [0.3, 0.4) is 0 Å². The van der Waals surface area contributed by atoms with E-state index >= 15 is 4.79 Å². The number of aliphatic carboxylic acids is 2. The van der Waals surface area contributed by atoms with Crippen molar-refractivity contribution in [1.82, 2.24) is 62.1 Å². The fourth-order valence-corrected chi connectivity index (χ4v) is 11.2. The highest BCUT2D eigenvalue weighted by Crippen LogP contribution is 2.32. The number of halogens is 2. The van der Waals surface area contributed by atoms with Crippen LogP contribution in [-0.2, 0) is 84.8 Å². The number of benzene rings is 4. The van der Waals surface area contributed by atoms with Crippen LogP contribution in [0.1, 0.15) is 67.5 Å². The second-order valence-electron chi connectivity index (χ2n) is 22.8. The highest BCUT2D eigenvalue weighted by atomic mass is 19.1. The highest BCUT2D eigenvalue weighted by molar-refractivity contribution is 6.01. The summed E-state index contributed by atoms with van der Waals surface area (Å²) in [6, 6.07) is 8.04. The number of amides is 9. The zero-order valence-corrected chi connectivity index (χ0v) is 49.9. The Bertz CT molecular complexity index is 3970. The van der Waals surface area contributed by atoms with Crippen LogP contribution in [0.2, 0.25) is 0 Å². The molecule has 2 aliphatic heterocycles. The van der Waals surface area contributed by atoms with E-state index in [9.17, 15) is 66.9 Å². The molecule has 5 heterocycles. The Morgan fingerprint density at radius 3 is 1.80 bits per heavy atom. The van der Waals surface area contributed by atoms with Gasteiger partial charge in [0, 0.05) is 84.0 Å². The maximum absolute atomic E-state index is 15.1. The molecule has 0 radical (unpaired) electrons. The van der Waals surface area contributed by atoms with Crippen molar-refractivity contribution in [2.24, 2.45) is 0 Å². The monoisotopic (exact) mass is 1270 g/mol. The molecular formula is C63H67F2N13O14. The molecule has 1 fully saturated rings. The maximum Gasteiger partial charge on any atom is 0.326 e. The molecule has 29 heteroatoms. The Kier molecular flexibility index (Phi) is 20.4. The third kappa shape index (κ3) is 16.1. The lowest BCUT2D eigenvalue weighted by atomic mass is 9.95. The van der Waals surface area contributed by atoms with Crippen LogP contribution >= 0.6 is 0 Å². The van der Waals surface area contributed by atoms with Gasteiger partial charge in [-0.2, -0.15) is 0 Å². The van der Waals surface area contributed by atoms with Gasteiger partial charge in [-0.25, -0.2) is 18.6 Å². The molecule has 8 atom stereocenters. The molecule has 0 unspecified atom stereocenters. The number of methoxy groups -OCH3 is 1. The largest absolute Gasteiger partial charge is 0.497 e. The lowest BCUT2D eigenvalue weighted by Gasteiger charge is -2.37. The fourth-order valence-electron chi connectivity index (χ4n) is 11.2. The quantitative estimate of drug-likeness (QED) is 0.0831. The summed E-state index contributed by atoms with van der Waals surface area (Å²) in [7, 11) is 1.44. The van der Waals surface area contributed by atoms with E-state index in [1.54, 1.807) is 24.3 Å². The second kappa shape index (κ2) is 28.7. The minimum atomic E-state index is -2.04. The summed E-state index contributed by atoms with van der Waals surface area (Å²) in [4.78, 5) is 170. The van der Waals surface area contributed by atoms with Crippen molar-refractivity contribution in [3.8, 4) is 5.75 Å². The lowest BCUT2D eigenvalue weighted by Crippen LogP contribution is -2.63. The van der Waals surface area contributed by atoms with E-state index in [0.717, 1.165) is 6.07 Å². The number of nitrogens with one attached hydrogen (secondary N) is 11. The van der Waals surface area contributed by atoms with Crippen molar-refractivity contribution in [2.75, 3.05) is 19.0 Å². The molecule has 0 spiro atoms. The molecule has 1 saturated heterocycles. The Balaban J connectivity index is 1.10. The topological polar surface area (TPSA) is 397 Å². The van der Waals surface area contributed by atoms with Gasteiger partial charge in [0.15, 0.2) is 0 Å². The van der Waals surface area contributed by atoms with E-state index in [4.69, 9.17) is 4.74 Å². The molecule has 482 valence electrons. The van der Waals surface area contributed by atoms with E-state index in [1.165, 1.54) is 105 Å². The molecule has 27 nitrogen and oxygen atoms in total. The van der Waals surface area contributed by atoms with Gasteiger partial charge in [0.25, 0.3) is 0 Å². The second-order valence-corrected chi connectivity index (χ2v) is 22.8. The summed E-state index contributed by atoms with van der Waals surface area (Å²) in [6.07, 6.45) is 1.96. The van der Waals surface area contributed by atoms with Crippen LogP contribution in [0, 0.1) is 11.6 Å². The van der Waals surface area contributed by atoms with Gasteiger partial charge in [-0.1, -0.05) is 24.3 Å². The summed E-state index contributed by atoms with van der Waals surface area (Å²) >= 11 is 0. The summed E-state index contributed by atoms with van der Waals surface area (Å²) in [5, 5.41) is 41.6. The van der Waals surface area contributed by atoms with E-state index in [0.29, 0.717) is 38.9 Å².